The first kappa shape index (κ1) is 28.0. The third-order valence-electron chi connectivity index (χ3n) is 6.32. The number of rotatable bonds is 10. The van der Waals surface area contributed by atoms with Crippen molar-refractivity contribution in [2.24, 2.45) is 0 Å². The van der Waals surface area contributed by atoms with E-state index in [-0.39, 0.29) is 0 Å². The van der Waals surface area contributed by atoms with Gasteiger partial charge < -0.3 is 10.4 Å². The number of aliphatic hydroxyl groups excluding tert-OH is 1. The first-order valence-electron chi connectivity index (χ1n) is 12.3. The molecule has 2 aromatic carbocycles. The average Bonchev–Trinajstić information content (AvgIpc) is 3.41. The molecule has 4 rings (SSSR count). The zero-order chi connectivity index (χ0) is 26.2. The fourth-order valence-electron chi connectivity index (χ4n) is 4.20. The molecule has 1 aliphatic carbocycles. The highest BCUT2D eigenvalue weighted by atomic mass is 32.2. The topological polar surface area (TPSA) is 66.4 Å². The molecule has 1 atom stereocenters. The van der Waals surface area contributed by atoms with Gasteiger partial charge in [0.15, 0.2) is 0 Å². The van der Waals surface area contributed by atoms with Gasteiger partial charge in [-0.2, -0.15) is 13.2 Å². The molecule has 36 heavy (non-hydrogen) atoms. The fraction of sp³-hybridized carbons (Fsp3) is 0.429. The van der Waals surface area contributed by atoms with Gasteiger partial charge >= 0.3 is 6.18 Å². The van der Waals surface area contributed by atoms with Crippen LogP contribution in [0.4, 0.5) is 18.9 Å². The number of thioether (sulfide) groups is 1. The van der Waals surface area contributed by atoms with Crippen molar-refractivity contribution < 1.29 is 27.9 Å². The molecule has 1 saturated carbocycles. The Balaban J connectivity index is 0.000000212. The van der Waals surface area contributed by atoms with Crippen molar-refractivity contribution in [3.8, 4) is 11.1 Å². The molecule has 8 heteroatoms. The standard InChI is InChI=1S/C15H12F3NO2.C13H20OS/c16-15(17,18)12-5-1-10(2-6-12)11-3-7-13(8-4-11)19-14(21)9-20;1-2-3-4-5-6-7-8-13-10-11(13)9-12(14)15-13/h1-8,20H,9H2,(H,19,21);9H,2-8,10H2,1H3. The summed E-state index contributed by atoms with van der Waals surface area (Å²) < 4.78 is 37.7. The molecule has 1 aliphatic heterocycles. The highest BCUT2D eigenvalue weighted by Gasteiger charge is 2.54. The predicted molar refractivity (Wildman–Crippen MR) is 139 cm³/mol. The van der Waals surface area contributed by atoms with Crippen molar-refractivity contribution >= 4 is 28.5 Å². The summed E-state index contributed by atoms with van der Waals surface area (Å²) in [7, 11) is 0. The molecule has 2 N–H and O–H groups in total. The maximum atomic E-state index is 12.5. The van der Waals surface area contributed by atoms with Gasteiger partial charge in [-0.05, 0) is 59.9 Å². The molecular formula is C28H32F3NO3S. The molecule has 2 aromatic rings. The van der Waals surface area contributed by atoms with Crippen LogP contribution in [-0.2, 0) is 15.8 Å². The maximum Gasteiger partial charge on any atom is 0.416 e. The molecule has 0 bridgehead atoms. The normalized spacial score (nSPS) is 18.1. The summed E-state index contributed by atoms with van der Waals surface area (Å²) >= 11 is 1.58. The van der Waals surface area contributed by atoms with Gasteiger partial charge in [-0.3, -0.25) is 9.59 Å². The second-order valence-electron chi connectivity index (χ2n) is 9.14. The monoisotopic (exact) mass is 519 g/mol. The number of unbranched alkanes of at least 4 members (excludes halogenated alkanes) is 5. The van der Waals surface area contributed by atoms with Crippen LogP contribution in [0.25, 0.3) is 11.1 Å². The van der Waals surface area contributed by atoms with Gasteiger partial charge in [0.1, 0.15) is 6.61 Å². The lowest BCUT2D eigenvalue weighted by atomic mass is 10.0. The van der Waals surface area contributed by atoms with Gasteiger partial charge in [-0.15, -0.1) is 0 Å². The smallest absolute Gasteiger partial charge is 0.387 e. The molecule has 1 heterocycles. The number of hydrogen-bond acceptors (Lipinski definition) is 4. The Morgan fingerprint density at radius 3 is 2.08 bits per heavy atom. The van der Waals surface area contributed by atoms with Crippen LogP contribution in [-0.4, -0.2) is 27.5 Å². The SMILES string of the molecule is CCCCCCCCC12CC1=CC(=O)S2.O=C(CO)Nc1ccc(-c2ccc(C(F)(F)F)cc2)cc1. The second-order valence-corrected chi connectivity index (χ2v) is 10.5. The minimum Gasteiger partial charge on any atom is -0.387 e. The molecule has 1 unspecified atom stereocenters. The van der Waals surface area contributed by atoms with E-state index >= 15 is 0 Å². The van der Waals surface area contributed by atoms with Gasteiger partial charge in [0.2, 0.25) is 11.0 Å². The summed E-state index contributed by atoms with van der Waals surface area (Å²) in [5, 5.41) is 11.4. The quantitative estimate of drug-likeness (QED) is 0.321. The highest BCUT2D eigenvalue weighted by Crippen LogP contribution is 2.61. The Bertz CT molecular complexity index is 1060. The lowest BCUT2D eigenvalue weighted by Gasteiger charge is -2.08. The van der Waals surface area contributed by atoms with Gasteiger partial charge in [-0.1, -0.05) is 81.5 Å². The Morgan fingerprint density at radius 1 is 0.972 bits per heavy atom. The first-order valence-corrected chi connectivity index (χ1v) is 13.1. The molecular weight excluding hydrogens is 487 g/mol. The zero-order valence-electron chi connectivity index (χ0n) is 20.4. The van der Waals surface area contributed by atoms with Crippen LogP contribution in [0, 0.1) is 0 Å². The summed E-state index contributed by atoms with van der Waals surface area (Å²) in [5.41, 5.74) is 2.60. The lowest BCUT2D eigenvalue weighted by molar-refractivity contribution is -0.137. The minimum absolute atomic E-state index is 0.294. The van der Waals surface area contributed by atoms with E-state index in [2.05, 4.69) is 12.2 Å². The molecule has 0 spiro atoms. The number of nitrogens with one attached hydrogen (secondary N) is 1. The van der Waals surface area contributed by atoms with E-state index < -0.39 is 24.3 Å². The number of hydrogen-bond donors (Lipinski definition) is 2. The van der Waals surface area contributed by atoms with Crippen LogP contribution in [0.1, 0.15) is 63.9 Å². The fourth-order valence-corrected chi connectivity index (χ4v) is 5.45. The number of anilines is 1. The van der Waals surface area contributed by atoms with Crippen molar-refractivity contribution in [1.82, 2.24) is 0 Å². The zero-order valence-corrected chi connectivity index (χ0v) is 21.2. The van der Waals surface area contributed by atoms with E-state index in [0.717, 1.165) is 17.7 Å². The summed E-state index contributed by atoms with van der Waals surface area (Å²) in [6.07, 6.45) is 8.06. The molecule has 1 fully saturated rings. The third kappa shape index (κ3) is 7.96. The Hall–Kier alpha value is -2.58. The highest BCUT2D eigenvalue weighted by molar-refractivity contribution is 8.16. The van der Waals surface area contributed by atoms with Crippen molar-refractivity contribution in [2.75, 3.05) is 11.9 Å². The molecule has 0 radical (unpaired) electrons. The average molecular weight is 520 g/mol. The van der Waals surface area contributed by atoms with Crippen molar-refractivity contribution in [3.05, 3.63) is 65.7 Å². The van der Waals surface area contributed by atoms with E-state index in [0.29, 0.717) is 21.1 Å². The Morgan fingerprint density at radius 2 is 1.56 bits per heavy atom. The number of carbonyl (C=O) groups is 2. The summed E-state index contributed by atoms with van der Waals surface area (Å²) in [6, 6.07) is 11.4. The molecule has 2 aliphatic rings. The van der Waals surface area contributed by atoms with E-state index in [1.165, 1.54) is 69.1 Å². The predicted octanol–water partition coefficient (Wildman–Crippen LogP) is 7.38. The number of fused-ring (bicyclic) bond motifs is 1. The van der Waals surface area contributed by atoms with Crippen molar-refractivity contribution in [2.45, 2.75) is 69.2 Å². The van der Waals surface area contributed by atoms with E-state index in [1.54, 1.807) is 36.0 Å². The number of aliphatic hydroxyl groups is 1. The number of alkyl halides is 3. The van der Waals surface area contributed by atoms with Crippen LogP contribution < -0.4 is 5.32 Å². The van der Waals surface area contributed by atoms with Gasteiger partial charge in [0, 0.05) is 10.4 Å². The van der Waals surface area contributed by atoms with Crippen molar-refractivity contribution in [1.29, 1.82) is 0 Å². The molecule has 4 nitrogen and oxygen atoms in total. The third-order valence-corrected chi connectivity index (χ3v) is 7.64. The van der Waals surface area contributed by atoms with E-state index in [4.69, 9.17) is 5.11 Å². The van der Waals surface area contributed by atoms with Crippen molar-refractivity contribution in [3.63, 3.8) is 0 Å². The molecule has 1 amide bonds. The van der Waals surface area contributed by atoms with Crippen LogP contribution in [0.15, 0.2) is 60.2 Å². The number of amides is 1. The van der Waals surface area contributed by atoms with Gasteiger partial charge in [0.05, 0.1) is 5.56 Å². The van der Waals surface area contributed by atoms with Crippen LogP contribution in [0.3, 0.4) is 0 Å². The summed E-state index contributed by atoms with van der Waals surface area (Å²) in [5.74, 6) is -0.530. The number of carbonyl (C=O) groups excluding carboxylic acids is 2. The Labute approximate surface area is 214 Å². The summed E-state index contributed by atoms with van der Waals surface area (Å²) in [6.45, 7) is 1.64. The second kappa shape index (κ2) is 12.6. The minimum atomic E-state index is -4.35. The number of benzene rings is 2. The molecule has 0 aromatic heterocycles. The Kier molecular flexibility index (Phi) is 9.79. The summed E-state index contributed by atoms with van der Waals surface area (Å²) in [4.78, 5) is 22.1. The molecule has 194 valence electrons. The van der Waals surface area contributed by atoms with Crippen LogP contribution >= 0.6 is 11.8 Å². The van der Waals surface area contributed by atoms with Gasteiger partial charge in [0.25, 0.3) is 0 Å². The lowest BCUT2D eigenvalue weighted by Crippen LogP contribution is -2.15. The largest absolute Gasteiger partial charge is 0.416 e. The van der Waals surface area contributed by atoms with E-state index in [9.17, 15) is 22.8 Å². The molecule has 0 saturated heterocycles. The first-order chi connectivity index (χ1) is 17.2. The number of halogens is 3. The van der Waals surface area contributed by atoms with Crippen LogP contribution in [0.2, 0.25) is 0 Å². The van der Waals surface area contributed by atoms with E-state index in [1.807, 2.05) is 6.08 Å². The maximum absolute atomic E-state index is 12.5. The van der Waals surface area contributed by atoms with Crippen LogP contribution in [0.5, 0.6) is 0 Å². The van der Waals surface area contributed by atoms with Gasteiger partial charge in [-0.25, -0.2) is 0 Å².